The molecule has 0 atom stereocenters. The Labute approximate surface area is 162 Å². The molecule has 4 aromatic carbocycles. The van der Waals surface area contributed by atoms with E-state index in [1.807, 2.05) is 6.07 Å². The van der Waals surface area contributed by atoms with Crippen molar-refractivity contribution < 1.29 is 8.83 Å². The summed E-state index contributed by atoms with van der Waals surface area (Å²) in [4.78, 5) is 0. The highest BCUT2D eigenvalue weighted by molar-refractivity contribution is 6.20. The summed E-state index contributed by atoms with van der Waals surface area (Å²) in [6.07, 6.45) is 5.11. The predicted molar refractivity (Wildman–Crippen MR) is 117 cm³/mol. The molecule has 136 valence electrons. The van der Waals surface area contributed by atoms with E-state index in [1.54, 1.807) is 6.26 Å². The Kier molecular flexibility index (Phi) is 3.30. The zero-order valence-electron chi connectivity index (χ0n) is 15.8. The second-order valence-corrected chi connectivity index (χ2v) is 7.69. The highest BCUT2D eigenvalue weighted by atomic mass is 16.3. The van der Waals surface area contributed by atoms with Crippen molar-refractivity contribution in [3.05, 3.63) is 72.7 Å². The van der Waals surface area contributed by atoms with Crippen molar-refractivity contribution in [3.63, 3.8) is 0 Å². The SMILES string of the molecule is CCCCc1cc2cc3c(ccc4c5cc6ccoc6cc5ccc34)cc2o1. The molecule has 28 heavy (non-hydrogen) atoms. The zero-order valence-corrected chi connectivity index (χ0v) is 15.8. The quantitative estimate of drug-likeness (QED) is 0.297. The standard InChI is InChI=1S/C26H20O2/c1-2-3-4-20-11-19-13-24-17(15-26(19)28-20)6-8-21-22(24)7-5-16-14-25-18(9-10-27-25)12-23(16)21/h5-15H,2-4H2,1H3. The molecule has 2 heterocycles. The van der Waals surface area contributed by atoms with Gasteiger partial charge in [-0.15, -0.1) is 0 Å². The molecule has 2 nitrogen and oxygen atoms in total. The second-order valence-electron chi connectivity index (χ2n) is 7.69. The molecule has 0 aliphatic heterocycles. The molecule has 2 aromatic heterocycles. The molecule has 2 heteroatoms. The van der Waals surface area contributed by atoms with E-state index >= 15 is 0 Å². The maximum atomic E-state index is 6.09. The lowest BCUT2D eigenvalue weighted by Crippen LogP contribution is -1.81. The molecular formula is C26H20O2. The third kappa shape index (κ3) is 2.27. The first-order valence-electron chi connectivity index (χ1n) is 9.99. The van der Waals surface area contributed by atoms with Crippen molar-refractivity contribution in [2.75, 3.05) is 0 Å². The first-order valence-corrected chi connectivity index (χ1v) is 9.99. The lowest BCUT2D eigenvalue weighted by molar-refractivity contribution is 0.537. The normalized spacial score (nSPS) is 12.2. The molecule has 0 aliphatic carbocycles. The number of benzene rings is 4. The van der Waals surface area contributed by atoms with Gasteiger partial charge in [0.2, 0.25) is 0 Å². The van der Waals surface area contributed by atoms with Gasteiger partial charge in [-0.3, -0.25) is 0 Å². The van der Waals surface area contributed by atoms with E-state index in [0.29, 0.717) is 0 Å². The topological polar surface area (TPSA) is 26.3 Å². The van der Waals surface area contributed by atoms with Crippen LogP contribution in [0.3, 0.4) is 0 Å². The van der Waals surface area contributed by atoms with E-state index in [1.165, 1.54) is 44.1 Å². The van der Waals surface area contributed by atoms with Gasteiger partial charge in [0.15, 0.2) is 0 Å². The average molecular weight is 364 g/mol. The van der Waals surface area contributed by atoms with Gasteiger partial charge in [0.25, 0.3) is 0 Å². The molecule has 0 saturated carbocycles. The number of hydrogen-bond acceptors (Lipinski definition) is 2. The molecule has 0 fully saturated rings. The van der Waals surface area contributed by atoms with Crippen LogP contribution in [0.25, 0.3) is 54.3 Å². The summed E-state index contributed by atoms with van der Waals surface area (Å²) in [5.74, 6) is 1.09. The third-order valence-electron chi connectivity index (χ3n) is 5.87. The Morgan fingerprint density at radius 2 is 1.36 bits per heavy atom. The Hall–Kier alpha value is -3.26. The molecule has 0 radical (unpaired) electrons. The van der Waals surface area contributed by atoms with Crippen molar-refractivity contribution in [2.45, 2.75) is 26.2 Å². The van der Waals surface area contributed by atoms with E-state index in [2.05, 4.69) is 61.5 Å². The van der Waals surface area contributed by atoms with Crippen LogP contribution in [0.4, 0.5) is 0 Å². The molecule has 0 N–H and O–H groups in total. The zero-order chi connectivity index (χ0) is 18.7. The van der Waals surface area contributed by atoms with Gasteiger partial charge in [0.05, 0.1) is 6.26 Å². The van der Waals surface area contributed by atoms with Crippen molar-refractivity contribution >= 4 is 54.3 Å². The predicted octanol–water partition coefficient (Wildman–Crippen LogP) is 7.98. The minimum absolute atomic E-state index is 0.937. The smallest absolute Gasteiger partial charge is 0.134 e. The van der Waals surface area contributed by atoms with Crippen molar-refractivity contribution in [1.29, 1.82) is 0 Å². The van der Waals surface area contributed by atoms with Gasteiger partial charge < -0.3 is 8.83 Å². The van der Waals surface area contributed by atoms with Gasteiger partial charge in [0.1, 0.15) is 16.9 Å². The van der Waals surface area contributed by atoms with E-state index in [0.717, 1.165) is 35.2 Å². The first-order chi connectivity index (χ1) is 13.8. The van der Waals surface area contributed by atoms with Crippen LogP contribution in [-0.4, -0.2) is 0 Å². The monoisotopic (exact) mass is 364 g/mol. The summed E-state index contributed by atoms with van der Waals surface area (Å²) in [7, 11) is 0. The number of rotatable bonds is 3. The number of hydrogen-bond donors (Lipinski definition) is 0. The minimum Gasteiger partial charge on any atom is -0.464 e. The molecule has 0 spiro atoms. The van der Waals surface area contributed by atoms with Gasteiger partial charge in [-0.25, -0.2) is 0 Å². The van der Waals surface area contributed by atoms with Crippen molar-refractivity contribution in [2.24, 2.45) is 0 Å². The van der Waals surface area contributed by atoms with Crippen LogP contribution in [0.15, 0.2) is 75.8 Å². The van der Waals surface area contributed by atoms with Crippen LogP contribution < -0.4 is 0 Å². The maximum absolute atomic E-state index is 6.09. The van der Waals surface area contributed by atoms with Crippen LogP contribution in [0.1, 0.15) is 25.5 Å². The summed E-state index contributed by atoms with van der Waals surface area (Å²) in [6, 6.07) is 22.0. The highest BCUT2D eigenvalue weighted by Crippen LogP contribution is 2.36. The van der Waals surface area contributed by atoms with Gasteiger partial charge in [-0.05, 0) is 75.1 Å². The summed E-state index contributed by atoms with van der Waals surface area (Å²) in [5.41, 5.74) is 1.92. The fourth-order valence-electron chi connectivity index (χ4n) is 4.39. The third-order valence-corrected chi connectivity index (χ3v) is 5.87. The fourth-order valence-corrected chi connectivity index (χ4v) is 4.39. The van der Waals surface area contributed by atoms with Gasteiger partial charge in [-0.1, -0.05) is 37.6 Å². The van der Waals surface area contributed by atoms with Gasteiger partial charge in [-0.2, -0.15) is 0 Å². The molecule has 0 unspecified atom stereocenters. The van der Waals surface area contributed by atoms with Gasteiger partial charge >= 0.3 is 0 Å². The fraction of sp³-hybridized carbons (Fsp3) is 0.154. The second kappa shape index (κ2) is 5.87. The number of aryl methyl sites for hydroxylation is 1. The van der Waals surface area contributed by atoms with E-state index in [4.69, 9.17) is 8.83 Å². The minimum atomic E-state index is 0.937. The Morgan fingerprint density at radius 1 is 0.643 bits per heavy atom. The van der Waals surface area contributed by atoms with Crippen LogP contribution in [-0.2, 0) is 6.42 Å². The van der Waals surface area contributed by atoms with Crippen LogP contribution in [0.5, 0.6) is 0 Å². The lowest BCUT2D eigenvalue weighted by Gasteiger charge is -2.08. The summed E-state index contributed by atoms with van der Waals surface area (Å²) >= 11 is 0. The average Bonchev–Trinajstić information content (AvgIpc) is 3.33. The molecule has 6 rings (SSSR count). The summed E-state index contributed by atoms with van der Waals surface area (Å²) in [5, 5.41) is 9.88. The number of furan rings is 2. The number of fused-ring (bicyclic) bond motifs is 7. The Balaban J connectivity index is 1.64. The van der Waals surface area contributed by atoms with E-state index in [-0.39, 0.29) is 0 Å². The maximum Gasteiger partial charge on any atom is 0.134 e. The van der Waals surface area contributed by atoms with Crippen molar-refractivity contribution in [1.82, 2.24) is 0 Å². The molecule has 0 aliphatic rings. The molecule has 0 amide bonds. The van der Waals surface area contributed by atoms with Crippen LogP contribution >= 0.6 is 0 Å². The highest BCUT2D eigenvalue weighted by Gasteiger charge is 2.10. The Morgan fingerprint density at radius 3 is 2.11 bits per heavy atom. The largest absolute Gasteiger partial charge is 0.464 e. The molecular weight excluding hydrogens is 344 g/mol. The van der Waals surface area contributed by atoms with E-state index < -0.39 is 0 Å². The first kappa shape index (κ1) is 15.8. The molecule has 0 bridgehead atoms. The Bertz CT molecular complexity index is 1500. The van der Waals surface area contributed by atoms with Crippen LogP contribution in [0.2, 0.25) is 0 Å². The van der Waals surface area contributed by atoms with E-state index in [9.17, 15) is 0 Å². The summed E-state index contributed by atoms with van der Waals surface area (Å²) < 4.78 is 11.7. The number of unbranched alkanes of at least 4 members (excludes halogenated alkanes) is 1. The lowest BCUT2D eigenvalue weighted by atomic mass is 9.96. The summed E-state index contributed by atoms with van der Waals surface area (Å²) in [6.45, 7) is 2.21. The molecule has 6 aromatic rings. The van der Waals surface area contributed by atoms with Gasteiger partial charge in [0, 0.05) is 17.2 Å². The molecule has 0 saturated heterocycles. The van der Waals surface area contributed by atoms with Crippen molar-refractivity contribution in [3.8, 4) is 0 Å². The van der Waals surface area contributed by atoms with Crippen LogP contribution in [0, 0.1) is 0 Å².